The van der Waals surface area contributed by atoms with Crippen molar-refractivity contribution in [2.24, 2.45) is 27.4 Å². The highest BCUT2D eigenvalue weighted by molar-refractivity contribution is 6.01. The predicted octanol–water partition coefficient (Wildman–Crippen LogP) is 5.52. The molecule has 4 aliphatic rings. The van der Waals surface area contributed by atoms with Crippen molar-refractivity contribution < 1.29 is 28.0 Å². The minimum atomic E-state index is -0.773. The number of anilines is 1. The third kappa shape index (κ3) is 6.25. The number of fused-ring (bicyclic) bond motifs is 1. The first kappa shape index (κ1) is 34.3. The van der Waals surface area contributed by atoms with Crippen LogP contribution in [0.4, 0.5) is 14.5 Å². The third-order valence-corrected chi connectivity index (χ3v) is 11.0. The lowest BCUT2D eigenvalue weighted by molar-refractivity contribution is -0.126. The van der Waals surface area contributed by atoms with Gasteiger partial charge in [-0.3, -0.25) is 35.0 Å². The van der Waals surface area contributed by atoms with Crippen LogP contribution >= 0.6 is 0 Å². The molecule has 0 bridgehead atoms. The number of nitrogens with one attached hydrogen (secondary N) is 2. The van der Waals surface area contributed by atoms with Crippen molar-refractivity contribution in [1.29, 1.82) is 0 Å². The smallest absolute Gasteiger partial charge is 0.255 e. The van der Waals surface area contributed by atoms with Gasteiger partial charge in [-0.15, -0.1) is 0 Å². The summed E-state index contributed by atoms with van der Waals surface area (Å²) in [6.07, 6.45) is 7.49. The molecule has 2 spiro atoms. The molecular formula is C39H42F2N6O4. The van der Waals surface area contributed by atoms with E-state index in [0.717, 1.165) is 0 Å². The summed E-state index contributed by atoms with van der Waals surface area (Å²) in [5.74, 6) is -1.72. The number of ketones is 2. The molecular weight excluding hydrogens is 654 g/mol. The number of nitrogens with zero attached hydrogens (tertiary/aromatic N) is 3. The van der Waals surface area contributed by atoms with Crippen LogP contribution in [0.25, 0.3) is 10.9 Å². The van der Waals surface area contributed by atoms with Crippen molar-refractivity contribution in [1.82, 2.24) is 20.2 Å². The van der Waals surface area contributed by atoms with Crippen LogP contribution in [0.1, 0.15) is 74.1 Å². The third-order valence-electron chi connectivity index (χ3n) is 11.0. The van der Waals surface area contributed by atoms with Gasteiger partial charge in [-0.05, 0) is 74.2 Å². The second-order valence-electron chi connectivity index (χ2n) is 16.1. The van der Waals surface area contributed by atoms with E-state index in [4.69, 9.17) is 5.73 Å². The zero-order valence-electron chi connectivity index (χ0n) is 29.2. The van der Waals surface area contributed by atoms with Crippen LogP contribution in [-0.2, 0) is 9.59 Å². The van der Waals surface area contributed by atoms with Crippen LogP contribution in [0.15, 0.2) is 72.2 Å². The molecule has 7 rings (SSSR count). The Bertz CT molecular complexity index is 2080. The molecule has 51 heavy (non-hydrogen) atoms. The Morgan fingerprint density at radius 1 is 0.784 bits per heavy atom. The number of amides is 2. The first-order chi connectivity index (χ1) is 24.0. The van der Waals surface area contributed by atoms with Gasteiger partial charge in [0.05, 0.1) is 28.2 Å². The second-order valence-corrected chi connectivity index (χ2v) is 16.1. The maximum absolute atomic E-state index is 15.1. The van der Waals surface area contributed by atoms with Crippen LogP contribution in [0.2, 0.25) is 0 Å². The molecule has 2 fully saturated rings. The van der Waals surface area contributed by atoms with Gasteiger partial charge in [-0.2, -0.15) is 0 Å². The van der Waals surface area contributed by atoms with Crippen LogP contribution < -0.4 is 16.6 Å². The molecule has 2 aliphatic carbocycles. The van der Waals surface area contributed by atoms with Crippen molar-refractivity contribution in [2.45, 2.75) is 53.4 Å². The van der Waals surface area contributed by atoms with E-state index in [-0.39, 0.29) is 46.0 Å². The fourth-order valence-electron chi connectivity index (χ4n) is 8.77. The highest BCUT2D eigenvalue weighted by atomic mass is 19.1. The monoisotopic (exact) mass is 696 g/mol. The number of nitrogens with two attached hydrogens (primary N) is 1. The largest absolute Gasteiger partial charge is 0.396 e. The number of allylic oxidation sites excluding steroid dienone is 2. The molecule has 2 aliphatic heterocycles. The average Bonchev–Trinajstić information content (AvgIpc) is 3.67. The normalized spacial score (nSPS) is 25.4. The molecule has 0 radical (unpaired) electrons. The number of hydrogen-bond donors (Lipinski definition) is 3. The highest BCUT2D eigenvalue weighted by Crippen LogP contribution is 2.49. The van der Waals surface area contributed by atoms with Gasteiger partial charge in [0.1, 0.15) is 11.6 Å². The summed E-state index contributed by atoms with van der Waals surface area (Å²) >= 11 is 0. The van der Waals surface area contributed by atoms with Crippen molar-refractivity contribution in [2.75, 3.05) is 31.6 Å². The Labute approximate surface area is 295 Å². The molecule has 2 saturated heterocycles. The molecule has 266 valence electrons. The Balaban J connectivity index is 1.06. The molecule has 10 nitrogen and oxygen atoms in total. The maximum atomic E-state index is 15.1. The quantitative estimate of drug-likeness (QED) is 0.297. The summed E-state index contributed by atoms with van der Waals surface area (Å²) in [5.41, 5.74) is 11.2. The lowest BCUT2D eigenvalue weighted by Gasteiger charge is -2.40. The zero-order chi connectivity index (χ0) is 36.5. The van der Waals surface area contributed by atoms with Crippen molar-refractivity contribution in [3.05, 3.63) is 95.0 Å². The van der Waals surface area contributed by atoms with E-state index in [2.05, 4.69) is 15.8 Å². The van der Waals surface area contributed by atoms with Crippen LogP contribution in [-0.4, -0.2) is 64.3 Å². The Morgan fingerprint density at radius 2 is 1.41 bits per heavy atom. The number of aromatic nitrogens is 1. The van der Waals surface area contributed by atoms with E-state index < -0.39 is 33.3 Å². The maximum Gasteiger partial charge on any atom is 0.255 e. The SMILES string of the molecule is CC1(C)C[C@@]2(C=C(N)C1=O)CCN(C(=O)c1ccc(F)c(NNC3=C[C@@]4(CCN(C(=O)c5cnc6cc(F)ccc6c5)C4)CC(C)(C)C3=O)c1)C2. The summed E-state index contributed by atoms with van der Waals surface area (Å²) in [7, 11) is 0. The lowest BCUT2D eigenvalue weighted by atomic mass is 9.65. The number of Topliss-reactive ketones (excluding diaryl/α,β-unsaturated/α-hetero) is 2. The minimum absolute atomic E-state index is 0.00124. The van der Waals surface area contributed by atoms with E-state index in [1.54, 1.807) is 21.9 Å². The Morgan fingerprint density at radius 3 is 2.08 bits per heavy atom. The summed E-state index contributed by atoms with van der Waals surface area (Å²) < 4.78 is 28.8. The number of halogens is 2. The fraction of sp³-hybridized carbons (Fsp3) is 0.410. The van der Waals surface area contributed by atoms with Crippen LogP contribution in [0.3, 0.4) is 0 Å². The van der Waals surface area contributed by atoms with Crippen molar-refractivity contribution in [3.63, 3.8) is 0 Å². The molecule has 2 aromatic carbocycles. The number of benzene rings is 2. The van der Waals surface area contributed by atoms with E-state index in [9.17, 15) is 23.6 Å². The van der Waals surface area contributed by atoms with Crippen molar-refractivity contribution in [3.8, 4) is 0 Å². The lowest BCUT2D eigenvalue weighted by Crippen LogP contribution is -2.45. The minimum Gasteiger partial charge on any atom is -0.396 e. The molecule has 3 heterocycles. The van der Waals surface area contributed by atoms with Gasteiger partial charge < -0.3 is 15.5 Å². The van der Waals surface area contributed by atoms with Gasteiger partial charge in [0.25, 0.3) is 11.8 Å². The molecule has 3 aromatic rings. The summed E-state index contributed by atoms with van der Waals surface area (Å²) in [4.78, 5) is 61.1. The standard InChI is InChI=1S/C39H42F2N6O4/c1-36(2)19-38(16-28(42)32(36)48)9-11-46(21-38)34(50)24-6-8-27(41)30(14-24)44-45-31-17-39(20-37(3,4)33(31)49)10-12-47(22-39)35(51)25-13-23-5-7-26(40)15-29(23)43-18-25/h5-8,13-18,44-45H,9-12,19-22,42H2,1-4H3/t38-,39-/m0/s1. The molecule has 0 unspecified atom stereocenters. The Hall–Kier alpha value is -5.13. The first-order valence-corrected chi connectivity index (χ1v) is 17.3. The second kappa shape index (κ2) is 12.0. The fourth-order valence-corrected chi connectivity index (χ4v) is 8.77. The molecule has 1 aromatic heterocycles. The Kier molecular flexibility index (Phi) is 8.07. The zero-order valence-corrected chi connectivity index (χ0v) is 29.2. The van der Waals surface area contributed by atoms with E-state index in [1.165, 1.54) is 36.5 Å². The highest BCUT2D eigenvalue weighted by Gasteiger charge is 2.50. The van der Waals surface area contributed by atoms with Gasteiger partial charge in [-0.25, -0.2) is 8.78 Å². The van der Waals surface area contributed by atoms with E-state index in [1.807, 2.05) is 39.8 Å². The topological polar surface area (TPSA) is 138 Å². The summed E-state index contributed by atoms with van der Waals surface area (Å²) in [5, 5.41) is 0.661. The molecule has 0 saturated carbocycles. The van der Waals surface area contributed by atoms with Gasteiger partial charge in [0, 0.05) is 71.1 Å². The summed E-state index contributed by atoms with van der Waals surface area (Å²) in [6.45, 7) is 9.18. The molecule has 2 amide bonds. The number of likely N-dealkylation sites (tertiary alicyclic amines) is 2. The number of carbonyl (C=O) groups excluding carboxylic acids is 4. The number of hydrogen-bond acceptors (Lipinski definition) is 8. The van der Waals surface area contributed by atoms with E-state index >= 15 is 4.39 Å². The van der Waals surface area contributed by atoms with Gasteiger partial charge >= 0.3 is 0 Å². The van der Waals surface area contributed by atoms with Gasteiger partial charge in [0.2, 0.25) is 0 Å². The predicted molar refractivity (Wildman–Crippen MR) is 188 cm³/mol. The molecule has 4 N–H and O–H groups in total. The van der Waals surface area contributed by atoms with Gasteiger partial charge in [-0.1, -0.05) is 27.7 Å². The van der Waals surface area contributed by atoms with Crippen molar-refractivity contribution >= 4 is 40.0 Å². The molecule has 12 heteroatoms. The van der Waals surface area contributed by atoms with Crippen LogP contribution in [0.5, 0.6) is 0 Å². The van der Waals surface area contributed by atoms with E-state index in [0.29, 0.717) is 68.3 Å². The number of hydrazine groups is 1. The average molecular weight is 697 g/mol. The first-order valence-electron chi connectivity index (χ1n) is 17.3. The van der Waals surface area contributed by atoms with Gasteiger partial charge in [0.15, 0.2) is 11.6 Å². The number of rotatable bonds is 5. The summed E-state index contributed by atoms with van der Waals surface area (Å²) in [6, 6.07) is 10.0. The molecule has 2 atom stereocenters. The van der Waals surface area contributed by atoms with Crippen LogP contribution in [0, 0.1) is 33.3 Å². The number of pyridine rings is 1. The number of carbonyl (C=O) groups is 4.